The number of pyridine rings is 1. The molecule has 1 saturated heterocycles. The van der Waals surface area contributed by atoms with E-state index in [0.717, 1.165) is 5.39 Å². The summed E-state index contributed by atoms with van der Waals surface area (Å²) in [5.41, 5.74) is 2.05. The largest absolute Gasteiger partial charge is 0.436 e. The molecule has 3 aromatic heterocycles. The summed E-state index contributed by atoms with van der Waals surface area (Å²) < 4.78 is 6.26. The van der Waals surface area contributed by atoms with Crippen molar-refractivity contribution in [3.05, 3.63) is 53.6 Å². The van der Waals surface area contributed by atoms with E-state index >= 15 is 0 Å². The monoisotopic (exact) mass is 488 g/mol. The number of nitriles is 1. The number of aromatic amines is 1. The Hall–Kier alpha value is -4.23. The van der Waals surface area contributed by atoms with E-state index in [4.69, 9.17) is 16.3 Å². The van der Waals surface area contributed by atoms with E-state index in [1.165, 1.54) is 12.4 Å². The molecule has 10 nitrogen and oxygen atoms in total. The lowest BCUT2D eigenvalue weighted by Gasteiger charge is -2.40. The zero-order chi connectivity index (χ0) is 24.7. The number of carbonyl (C=O) groups excluding carboxylic acids is 1. The first-order valence-corrected chi connectivity index (χ1v) is 11.3. The van der Waals surface area contributed by atoms with E-state index in [-0.39, 0.29) is 23.5 Å². The minimum Gasteiger partial charge on any atom is -0.436 e. The molecule has 0 aliphatic carbocycles. The van der Waals surface area contributed by atoms with E-state index in [0.29, 0.717) is 58.2 Å². The van der Waals surface area contributed by atoms with Crippen molar-refractivity contribution < 1.29 is 9.53 Å². The first kappa shape index (κ1) is 22.6. The summed E-state index contributed by atoms with van der Waals surface area (Å²) in [7, 11) is 0. The molecule has 0 unspecified atom stereocenters. The van der Waals surface area contributed by atoms with E-state index in [1.54, 1.807) is 23.2 Å². The SMILES string of the molecule is C=CC(=O)N1CCN(c2ncnc3c(Oc4c(C)c(Cl)cc5[nH]ncc45)nc(C#N)cc23)C[C@@H]1C. The van der Waals surface area contributed by atoms with Crippen molar-refractivity contribution in [2.75, 3.05) is 24.5 Å². The van der Waals surface area contributed by atoms with Crippen LogP contribution in [0.4, 0.5) is 5.82 Å². The van der Waals surface area contributed by atoms with Crippen LogP contribution in [0.25, 0.3) is 21.8 Å². The standard InChI is InChI=1S/C24H21ClN8O2/c1-4-20(34)33-6-5-32(11-13(33)2)23-16-7-15(9-26)30-24(21(16)27-12-28-23)35-22-14(3)18(25)8-19-17(22)10-29-31-19/h4,7-8,10,12-13H,1,5-6,11H2,2-3H3,(H,29,31)/t13-/m0/s1. The number of halogens is 1. The molecule has 5 rings (SSSR count). The molecule has 1 aliphatic rings. The van der Waals surface area contributed by atoms with Gasteiger partial charge in [-0.2, -0.15) is 10.4 Å². The number of nitrogens with one attached hydrogen (secondary N) is 1. The highest BCUT2D eigenvalue weighted by molar-refractivity contribution is 6.32. The summed E-state index contributed by atoms with van der Waals surface area (Å²) in [5.74, 6) is 1.20. The molecule has 1 aromatic carbocycles. The second-order valence-electron chi connectivity index (χ2n) is 8.29. The van der Waals surface area contributed by atoms with Gasteiger partial charge >= 0.3 is 0 Å². The summed E-state index contributed by atoms with van der Waals surface area (Å²) in [6, 6.07) is 5.49. The minimum atomic E-state index is -0.0983. The molecule has 4 aromatic rings. The topological polar surface area (TPSA) is 124 Å². The van der Waals surface area contributed by atoms with Gasteiger partial charge in [-0.3, -0.25) is 9.89 Å². The predicted molar refractivity (Wildman–Crippen MR) is 132 cm³/mol. The molecule has 1 atom stereocenters. The number of hydrogen-bond acceptors (Lipinski definition) is 8. The third-order valence-corrected chi connectivity index (χ3v) is 6.54. The van der Waals surface area contributed by atoms with E-state index in [2.05, 4.69) is 42.7 Å². The van der Waals surface area contributed by atoms with Gasteiger partial charge in [0.2, 0.25) is 11.8 Å². The van der Waals surface area contributed by atoms with Gasteiger partial charge in [-0.05, 0) is 32.1 Å². The Morgan fingerprint density at radius 1 is 1.34 bits per heavy atom. The number of aromatic nitrogens is 5. The number of H-pyrrole nitrogens is 1. The number of amides is 1. The molecule has 11 heteroatoms. The zero-order valence-corrected chi connectivity index (χ0v) is 19.9. The zero-order valence-electron chi connectivity index (χ0n) is 19.1. The van der Waals surface area contributed by atoms with E-state index in [1.807, 2.05) is 13.8 Å². The Balaban J connectivity index is 1.60. The predicted octanol–water partition coefficient (Wildman–Crippen LogP) is 3.75. The fraction of sp³-hybridized carbons (Fsp3) is 0.250. The van der Waals surface area contributed by atoms with Gasteiger partial charge in [0.1, 0.15) is 35.2 Å². The Morgan fingerprint density at radius 3 is 2.91 bits per heavy atom. The number of fused-ring (bicyclic) bond motifs is 2. The number of piperazine rings is 1. The molecule has 1 fully saturated rings. The summed E-state index contributed by atoms with van der Waals surface area (Å²) >= 11 is 6.41. The van der Waals surface area contributed by atoms with Crippen molar-refractivity contribution in [2.45, 2.75) is 19.9 Å². The molecule has 1 amide bonds. The summed E-state index contributed by atoms with van der Waals surface area (Å²) in [6.45, 7) is 9.06. The smallest absolute Gasteiger partial charge is 0.247 e. The maximum Gasteiger partial charge on any atom is 0.247 e. The van der Waals surface area contributed by atoms with Gasteiger partial charge in [0.15, 0.2) is 0 Å². The van der Waals surface area contributed by atoms with Gasteiger partial charge in [0.25, 0.3) is 0 Å². The number of anilines is 1. The van der Waals surface area contributed by atoms with Crippen LogP contribution in [-0.4, -0.2) is 61.6 Å². The number of benzene rings is 1. The van der Waals surface area contributed by atoms with Crippen LogP contribution in [-0.2, 0) is 4.79 Å². The van der Waals surface area contributed by atoms with Gasteiger partial charge in [0, 0.05) is 36.3 Å². The molecular formula is C24H21ClN8O2. The molecule has 1 aliphatic heterocycles. The highest BCUT2D eigenvalue weighted by Gasteiger charge is 2.28. The van der Waals surface area contributed by atoms with Gasteiger partial charge in [0.05, 0.1) is 22.5 Å². The van der Waals surface area contributed by atoms with Crippen LogP contribution < -0.4 is 9.64 Å². The van der Waals surface area contributed by atoms with Crippen LogP contribution >= 0.6 is 11.6 Å². The van der Waals surface area contributed by atoms with E-state index < -0.39 is 0 Å². The highest BCUT2D eigenvalue weighted by Crippen LogP contribution is 2.39. The molecule has 0 bridgehead atoms. The van der Waals surface area contributed by atoms with Crippen molar-refractivity contribution in [3.8, 4) is 17.7 Å². The van der Waals surface area contributed by atoms with E-state index in [9.17, 15) is 10.1 Å². The van der Waals surface area contributed by atoms with Crippen LogP contribution in [0.1, 0.15) is 18.2 Å². The Labute approximate surface area is 205 Å². The van der Waals surface area contributed by atoms with Crippen molar-refractivity contribution in [3.63, 3.8) is 0 Å². The van der Waals surface area contributed by atoms with Crippen molar-refractivity contribution >= 4 is 45.1 Å². The highest BCUT2D eigenvalue weighted by atomic mass is 35.5. The minimum absolute atomic E-state index is 0.0456. The maximum atomic E-state index is 12.1. The van der Waals surface area contributed by atoms with Crippen LogP contribution in [0.3, 0.4) is 0 Å². The quantitative estimate of drug-likeness (QED) is 0.431. The van der Waals surface area contributed by atoms with Crippen LogP contribution in [0.2, 0.25) is 5.02 Å². The average Bonchev–Trinajstić information content (AvgIpc) is 3.33. The number of nitrogens with zero attached hydrogens (tertiary/aromatic N) is 7. The lowest BCUT2D eigenvalue weighted by Crippen LogP contribution is -2.54. The normalized spacial score (nSPS) is 15.9. The summed E-state index contributed by atoms with van der Waals surface area (Å²) in [4.78, 5) is 29.3. The fourth-order valence-corrected chi connectivity index (χ4v) is 4.55. The van der Waals surface area contributed by atoms with Gasteiger partial charge in [-0.1, -0.05) is 18.2 Å². The maximum absolute atomic E-state index is 12.1. The molecule has 1 N–H and O–H groups in total. The third-order valence-electron chi connectivity index (χ3n) is 6.15. The van der Waals surface area contributed by atoms with Crippen molar-refractivity contribution in [1.82, 2.24) is 30.0 Å². The molecule has 176 valence electrons. The van der Waals surface area contributed by atoms with Crippen molar-refractivity contribution in [1.29, 1.82) is 5.26 Å². The molecule has 0 spiro atoms. The van der Waals surface area contributed by atoms with Gasteiger partial charge in [-0.25, -0.2) is 15.0 Å². The van der Waals surface area contributed by atoms with Gasteiger partial charge in [-0.15, -0.1) is 0 Å². The van der Waals surface area contributed by atoms with Crippen LogP contribution in [0.15, 0.2) is 37.3 Å². The molecule has 0 radical (unpaired) electrons. The second-order valence-corrected chi connectivity index (χ2v) is 8.70. The molecular weight excluding hydrogens is 468 g/mol. The molecule has 35 heavy (non-hydrogen) atoms. The first-order chi connectivity index (χ1) is 16.9. The Kier molecular flexibility index (Phi) is 5.70. The van der Waals surface area contributed by atoms with Crippen molar-refractivity contribution in [2.24, 2.45) is 0 Å². The molecule has 4 heterocycles. The van der Waals surface area contributed by atoms with Crippen LogP contribution in [0, 0.1) is 18.3 Å². The Morgan fingerprint density at radius 2 is 2.17 bits per heavy atom. The van der Waals surface area contributed by atoms with Gasteiger partial charge < -0.3 is 14.5 Å². The summed E-state index contributed by atoms with van der Waals surface area (Å²) in [6.07, 6.45) is 4.42. The lowest BCUT2D eigenvalue weighted by atomic mass is 10.1. The molecule has 0 saturated carbocycles. The number of rotatable bonds is 4. The summed E-state index contributed by atoms with van der Waals surface area (Å²) in [5, 5.41) is 18.5. The second kappa shape index (κ2) is 8.85. The lowest BCUT2D eigenvalue weighted by molar-refractivity contribution is -0.128. The number of ether oxygens (including phenoxy) is 1. The average molecular weight is 489 g/mol. The fourth-order valence-electron chi connectivity index (χ4n) is 4.36. The number of hydrogen-bond donors (Lipinski definition) is 1. The number of carbonyl (C=O) groups is 1. The first-order valence-electron chi connectivity index (χ1n) is 10.9. The van der Waals surface area contributed by atoms with Crippen LogP contribution in [0.5, 0.6) is 11.6 Å². The Bertz CT molecular complexity index is 1530. The third kappa shape index (κ3) is 3.90.